The lowest BCUT2D eigenvalue weighted by Crippen LogP contribution is -2.30. The highest BCUT2D eigenvalue weighted by atomic mass is 32.2. The summed E-state index contributed by atoms with van der Waals surface area (Å²) in [6.45, 7) is 5.28. The second kappa shape index (κ2) is 9.11. The van der Waals surface area contributed by atoms with Crippen molar-refractivity contribution in [3.05, 3.63) is 52.4 Å². The molecule has 1 aromatic carbocycles. The Hall–Kier alpha value is -2.52. The van der Waals surface area contributed by atoms with Gasteiger partial charge in [0.1, 0.15) is 22.5 Å². The van der Waals surface area contributed by atoms with E-state index < -0.39 is 21.8 Å². The molecule has 0 saturated carbocycles. The minimum absolute atomic E-state index is 0.0231. The van der Waals surface area contributed by atoms with E-state index in [2.05, 4.69) is 9.50 Å². The fourth-order valence-electron chi connectivity index (χ4n) is 2.33. The lowest BCUT2D eigenvalue weighted by molar-refractivity contribution is 0.154. The van der Waals surface area contributed by atoms with Crippen molar-refractivity contribution in [2.24, 2.45) is 4.40 Å². The van der Waals surface area contributed by atoms with Crippen molar-refractivity contribution >= 4 is 16.7 Å². The first-order valence-electron chi connectivity index (χ1n) is 8.69. The summed E-state index contributed by atoms with van der Waals surface area (Å²) < 4.78 is 22.4. The Kier molecular flexibility index (Phi) is 7.09. The molecule has 0 aliphatic carbocycles. The van der Waals surface area contributed by atoms with Gasteiger partial charge in [0, 0.05) is 30.3 Å². The third-order valence-corrected chi connectivity index (χ3v) is 5.26. The first kappa shape index (κ1) is 21.8. The molecule has 2 aromatic rings. The number of hydrogen-bond donors (Lipinski definition) is 2. The summed E-state index contributed by atoms with van der Waals surface area (Å²) in [5, 5.41) is 24.7. The predicted octanol–water partition coefficient (Wildman–Crippen LogP) is 1.66. The number of rotatable bonds is 7. The van der Waals surface area contributed by atoms with Gasteiger partial charge in [-0.2, -0.15) is 9.50 Å². The minimum atomic E-state index is -1.60. The van der Waals surface area contributed by atoms with Crippen LogP contribution in [0.15, 0.2) is 45.7 Å². The fraction of sp³-hybridized carbons (Fsp3) is 0.421. The van der Waals surface area contributed by atoms with Crippen molar-refractivity contribution in [1.29, 1.82) is 0 Å². The molecule has 0 aliphatic rings. The van der Waals surface area contributed by atoms with E-state index in [0.717, 1.165) is 4.68 Å². The van der Waals surface area contributed by atoms with Crippen molar-refractivity contribution in [1.82, 2.24) is 9.78 Å². The smallest absolute Gasteiger partial charge is 0.266 e. The molecule has 8 nitrogen and oxygen atoms in total. The molecule has 1 heterocycles. The highest BCUT2D eigenvalue weighted by Crippen LogP contribution is 2.26. The van der Waals surface area contributed by atoms with Crippen LogP contribution >= 0.6 is 0 Å². The zero-order valence-electron chi connectivity index (χ0n) is 16.3. The van der Waals surface area contributed by atoms with Gasteiger partial charge in [0.05, 0.1) is 30.2 Å². The number of ether oxygens (including phenoxy) is 1. The largest absolute Gasteiger partial charge is 0.507 e. The van der Waals surface area contributed by atoms with E-state index >= 15 is 0 Å². The Balaban J connectivity index is 2.36. The molecule has 2 rings (SSSR count). The Labute approximate surface area is 166 Å². The van der Waals surface area contributed by atoms with Gasteiger partial charge in [-0.15, -0.1) is 0 Å². The average Bonchev–Trinajstić information content (AvgIpc) is 2.62. The van der Waals surface area contributed by atoms with Gasteiger partial charge in [0.15, 0.2) is 0 Å². The number of aliphatic hydroxyl groups is 1. The van der Waals surface area contributed by atoms with Gasteiger partial charge in [0.2, 0.25) is 0 Å². The van der Waals surface area contributed by atoms with E-state index in [1.54, 1.807) is 32.9 Å². The van der Waals surface area contributed by atoms with Crippen LogP contribution in [0, 0.1) is 0 Å². The molecule has 2 N–H and O–H groups in total. The molecule has 2 atom stereocenters. The standard InChI is InChI=1S/C19H25N3O5S/c1-19(2,3)28(26)21-16(15-8-7-14(27-4)11-17(15)24)10-13(23)12-22-18(25)6-5-9-20-22/h5-9,11,13,23-24H,10,12H2,1-4H3/t13-,28-/m0/s1. The van der Waals surface area contributed by atoms with Crippen LogP contribution in [0.1, 0.15) is 32.8 Å². The molecule has 28 heavy (non-hydrogen) atoms. The molecule has 0 unspecified atom stereocenters. The van der Waals surface area contributed by atoms with Crippen LogP contribution < -0.4 is 10.3 Å². The second-order valence-electron chi connectivity index (χ2n) is 7.18. The number of nitrogens with zero attached hydrogens (tertiary/aromatic N) is 3. The van der Waals surface area contributed by atoms with Crippen LogP contribution in [0.3, 0.4) is 0 Å². The van der Waals surface area contributed by atoms with Gasteiger partial charge >= 0.3 is 0 Å². The topological polar surface area (TPSA) is 114 Å². The molecule has 9 heteroatoms. The van der Waals surface area contributed by atoms with Crippen molar-refractivity contribution < 1.29 is 19.2 Å². The summed E-state index contributed by atoms with van der Waals surface area (Å²) in [5.74, 6) is 0.351. The van der Waals surface area contributed by atoms with Gasteiger partial charge in [-0.25, -0.2) is 8.89 Å². The van der Waals surface area contributed by atoms with E-state index in [9.17, 15) is 19.2 Å². The van der Waals surface area contributed by atoms with Gasteiger partial charge in [-0.3, -0.25) is 4.79 Å². The maximum absolute atomic E-state index is 12.5. The maximum Gasteiger partial charge on any atom is 0.266 e. The summed E-state index contributed by atoms with van der Waals surface area (Å²) in [6, 6.07) is 7.51. The van der Waals surface area contributed by atoms with Gasteiger partial charge < -0.3 is 14.9 Å². The Morgan fingerprint density at radius 2 is 2.07 bits per heavy atom. The van der Waals surface area contributed by atoms with Gasteiger partial charge in [0.25, 0.3) is 5.56 Å². The molecule has 1 aromatic heterocycles. The zero-order chi connectivity index (χ0) is 20.9. The Morgan fingerprint density at radius 1 is 1.36 bits per heavy atom. The van der Waals surface area contributed by atoms with Crippen LogP contribution in [0.25, 0.3) is 0 Å². The monoisotopic (exact) mass is 407 g/mol. The van der Waals surface area contributed by atoms with Crippen molar-refractivity contribution in [3.63, 3.8) is 0 Å². The van der Waals surface area contributed by atoms with Crippen LogP contribution in [0.4, 0.5) is 0 Å². The number of benzene rings is 1. The normalized spacial score (nSPS) is 14.5. The third-order valence-electron chi connectivity index (χ3n) is 3.83. The summed E-state index contributed by atoms with van der Waals surface area (Å²) >= 11 is 0. The van der Waals surface area contributed by atoms with Crippen LogP contribution in [-0.2, 0) is 17.5 Å². The van der Waals surface area contributed by atoms with Gasteiger partial charge in [-0.1, -0.05) is 0 Å². The van der Waals surface area contributed by atoms with Crippen molar-refractivity contribution in [2.45, 2.75) is 44.6 Å². The molecular formula is C19H25N3O5S. The molecule has 0 fully saturated rings. The molecule has 0 spiro atoms. The van der Waals surface area contributed by atoms with E-state index in [1.807, 2.05) is 0 Å². The lowest BCUT2D eigenvalue weighted by atomic mass is 10.0. The van der Waals surface area contributed by atoms with Crippen molar-refractivity contribution in [3.8, 4) is 11.5 Å². The number of hydrogen-bond acceptors (Lipinski definition) is 6. The summed E-state index contributed by atoms with van der Waals surface area (Å²) in [6.07, 6.45) is 0.405. The first-order chi connectivity index (χ1) is 13.1. The van der Waals surface area contributed by atoms with E-state index in [1.165, 1.54) is 31.5 Å². The van der Waals surface area contributed by atoms with Crippen LogP contribution in [-0.4, -0.2) is 47.9 Å². The Bertz CT molecular complexity index is 934. The van der Waals surface area contributed by atoms with Crippen LogP contribution in [0.2, 0.25) is 0 Å². The number of methoxy groups -OCH3 is 1. The highest BCUT2D eigenvalue weighted by Gasteiger charge is 2.23. The van der Waals surface area contributed by atoms with Gasteiger partial charge in [-0.05, 0) is 39.0 Å². The first-order valence-corrected chi connectivity index (χ1v) is 9.79. The van der Waals surface area contributed by atoms with Crippen molar-refractivity contribution in [2.75, 3.05) is 7.11 Å². The average molecular weight is 407 g/mol. The number of aliphatic hydroxyl groups excluding tert-OH is 1. The molecule has 0 aliphatic heterocycles. The number of aromatic nitrogens is 2. The SMILES string of the molecule is COc1ccc(C(C[C@H](O)Cn2ncccc2=O)=N[S@@](=O)C(C)(C)C)c(O)c1. The second-order valence-corrected chi connectivity index (χ2v) is 9.09. The number of aromatic hydroxyl groups is 1. The van der Waals surface area contributed by atoms with E-state index in [0.29, 0.717) is 11.3 Å². The van der Waals surface area contributed by atoms with E-state index in [-0.39, 0.29) is 30.0 Å². The minimum Gasteiger partial charge on any atom is -0.507 e. The summed E-state index contributed by atoms with van der Waals surface area (Å²) in [7, 11) is -0.122. The quantitative estimate of drug-likeness (QED) is 0.675. The van der Waals surface area contributed by atoms with Crippen LogP contribution in [0.5, 0.6) is 11.5 Å². The number of phenols is 1. The zero-order valence-corrected chi connectivity index (χ0v) is 17.1. The molecule has 0 amide bonds. The van der Waals surface area contributed by atoms with E-state index in [4.69, 9.17) is 4.74 Å². The third kappa shape index (κ3) is 5.74. The molecular weight excluding hydrogens is 382 g/mol. The predicted molar refractivity (Wildman–Crippen MR) is 108 cm³/mol. The molecule has 0 saturated heterocycles. The number of phenolic OH excluding ortho intramolecular Hbond substituents is 1. The fourth-order valence-corrected chi connectivity index (χ4v) is 2.97. The summed E-state index contributed by atoms with van der Waals surface area (Å²) in [5.41, 5.74) is 0.265. The highest BCUT2D eigenvalue weighted by molar-refractivity contribution is 7.85. The molecule has 0 bridgehead atoms. The summed E-state index contributed by atoms with van der Waals surface area (Å²) in [4.78, 5) is 11.8. The maximum atomic E-state index is 12.5. The molecule has 152 valence electrons. The lowest BCUT2D eigenvalue weighted by Gasteiger charge is -2.18. The Morgan fingerprint density at radius 3 is 2.64 bits per heavy atom. The molecule has 0 radical (unpaired) electrons.